The van der Waals surface area contributed by atoms with Crippen molar-refractivity contribution in [2.45, 2.75) is 20.8 Å². The van der Waals surface area contributed by atoms with Gasteiger partial charge in [0.25, 0.3) is 5.91 Å². The van der Waals surface area contributed by atoms with Crippen LogP contribution in [0.15, 0.2) is 24.3 Å². The molecule has 0 atom stereocenters. The number of carbonyl (C=O) groups excluding carboxylic acids is 2. The smallest absolute Gasteiger partial charge is 0.251 e. The van der Waals surface area contributed by atoms with Gasteiger partial charge in [-0.1, -0.05) is 26.8 Å². The first-order valence-corrected chi connectivity index (χ1v) is 6.30. The van der Waals surface area contributed by atoms with E-state index in [-0.39, 0.29) is 18.2 Å². The molecule has 0 radical (unpaired) electrons. The van der Waals surface area contributed by atoms with E-state index >= 15 is 0 Å². The highest BCUT2D eigenvalue weighted by Gasteiger charge is 2.21. The minimum Gasteiger partial charge on any atom is -0.378 e. The number of nitrogens with zero attached hydrogens (tertiary/aromatic N) is 1. The van der Waals surface area contributed by atoms with Gasteiger partial charge in [-0.25, -0.2) is 0 Å². The van der Waals surface area contributed by atoms with Crippen LogP contribution in [0.2, 0.25) is 0 Å². The Kier molecular flexibility index (Phi) is 4.70. The van der Waals surface area contributed by atoms with Crippen molar-refractivity contribution in [1.82, 2.24) is 5.32 Å². The van der Waals surface area contributed by atoms with E-state index in [0.717, 1.165) is 5.69 Å². The normalized spacial score (nSPS) is 11.0. The number of ketones is 1. The van der Waals surface area contributed by atoms with Gasteiger partial charge in [0.2, 0.25) is 0 Å². The van der Waals surface area contributed by atoms with Crippen molar-refractivity contribution in [1.29, 1.82) is 0 Å². The van der Waals surface area contributed by atoms with Crippen molar-refractivity contribution in [2.75, 3.05) is 25.5 Å². The second-order valence-electron chi connectivity index (χ2n) is 5.80. The van der Waals surface area contributed by atoms with Crippen molar-refractivity contribution >= 4 is 17.4 Å². The SMILES string of the molecule is CN(C)c1cccc(C(=O)NCC(=O)C(C)(C)C)c1. The molecule has 0 aliphatic heterocycles. The number of rotatable bonds is 4. The molecule has 0 unspecified atom stereocenters. The average Bonchev–Trinajstić information content (AvgIpc) is 2.34. The highest BCUT2D eigenvalue weighted by molar-refractivity contribution is 5.98. The van der Waals surface area contributed by atoms with Gasteiger partial charge in [-0.2, -0.15) is 0 Å². The zero-order valence-electron chi connectivity index (χ0n) is 12.3. The van der Waals surface area contributed by atoms with E-state index in [4.69, 9.17) is 0 Å². The van der Waals surface area contributed by atoms with Crippen molar-refractivity contribution in [3.63, 3.8) is 0 Å². The Morgan fingerprint density at radius 1 is 1.21 bits per heavy atom. The van der Waals surface area contributed by atoms with Crippen LogP contribution in [0.5, 0.6) is 0 Å². The van der Waals surface area contributed by atoms with Crippen LogP contribution < -0.4 is 10.2 Å². The Bertz CT molecular complexity index is 473. The fraction of sp³-hybridized carbons (Fsp3) is 0.467. The third kappa shape index (κ3) is 4.39. The van der Waals surface area contributed by atoms with Gasteiger partial charge in [-0.15, -0.1) is 0 Å². The summed E-state index contributed by atoms with van der Waals surface area (Å²) in [4.78, 5) is 25.6. The molecule has 1 aromatic rings. The van der Waals surface area contributed by atoms with E-state index in [1.807, 2.05) is 51.9 Å². The second kappa shape index (κ2) is 5.87. The summed E-state index contributed by atoms with van der Waals surface area (Å²) in [6.45, 7) is 5.59. The molecule has 0 saturated carbocycles. The van der Waals surface area contributed by atoms with Gasteiger partial charge in [-0.3, -0.25) is 9.59 Å². The maximum Gasteiger partial charge on any atom is 0.251 e. The standard InChI is InChI=1S/C15H22N2O2/c1-15(2,3)13(18)10-16-14(19)11-7-6-8-12(9-11)17(4)5/h6-9H,10H2,1-5H3,(H,16,19). The number of amides is 1. The van der Waals surface area contributed by atoms with Crippen molar-refractivity contribution in [3.05, 3.63) is 29.8 Å². The molecule has 0 fully saturated rings. The Morgan fingerprint density at radius 3 is 2.37 bits per heavy atom. The molecule has 19 heavy (non-hydrogen) atoms. The van der Waals surface area contributed by atoms with Crippen molar-refractivity contribution in [2.24, 2.45) is 5.41 Å². The van der Waals surface area contributed by atoms with Crippen LogP contribution >= 0.6 is 0 Å². The molecular weight excluding hydrogens is 240 g/mol. The van der Waals surface area contributed by atoms with Gasteiger partial charge in [0.15, 0.2) is 5.78 Å². The Morgan fingerprint density at radius 2 is 1.84 bits per heavy atom. The molecule has 1 amide bonds. The summed E-state index contributed by atoms with van der Waals surface area (Å²) >= 11 is 0. The molecule has 1 rings (SSSR count). The molecule has 4 heteroatoms. The predicted octanol–water partition coefficient (Wildman–Crippen LogP) is 2.10. The van der Waals surface area contributed by atoms with Gasteiger partial charge < -0.3 is 10.2 Å². The number of benzene rings is 1. The molecule has 104 valence electrons. The molecule has 1 aromatic carbocycles. The average molecular weight is 262 g/mol. The number of hydrogen-bond donors (Lipinski definition) is 1. The molecule has 0 aliphatic carbocycles. The summed E-state index contributed by atoms with van der Waals surface area (Å²) in [5.74, 6) is -0.203. The van der Waals surface area contributed by atoms with Crippen LogP contribution in [0.25, 0.3) is 0 Å². The summed E-state index contributed by atoms with van der Waals surface area (Å²) in [5.41, 5.74) is 1.08. The highest BCUT2D eigenvalue weighted by Crippen LogP contribution is 2.15. The minimum atomic E-state index is -0.432. The quantitative estimate of drug-likeness (QED) is 0.904. The van der Waals surface area contributed by atoms with E-state index in [1.165, 1.54) is 0 Å². The summed E-state index contributed by atoms with van der Waals surface area (Å²) in [6, 6.07) is 7.30. The lowest BCUT2D eigenvalue weighted by atomic mass is 9.91. The molecule has 1 N–H and O–H groups in total. The topological polar surface area (TPSA) is 49.4 Å². The molecule has 0 bridgehead atoms. The van der Waals surface area contributed by atoms with Crippen LogP contribution in [0, 0.1) is 5.41 Å². The monoisotopic (exact) mass is 262 g/mol. The number of hydrogen-bond acceptors (Lipinski definition) is 3. The first-order valence-electron chi connectivity index (χ1n) is 6.30. The van der Waals surface area contributed by atoms with Crippen LogP contribution in [0.3, 0.4) is 0 Å². The summed E-state index contributed by atoms with van der Waals surface area (Å²) in [7, 11) is 3.83. The lowest BCUT2D eigenvalue weighted by Crippen LogP contribution is -2.35. The van der Waals surface area contributed by atoms with Crippen LogP contribution in [0.4, 0.5) is 5.69 Å². The van der Waals surface area contributed by atoms with Crippen LogP contribution in [-0.4, -0.2) is 32.3 Å². The number of anilines is 1. The van der Waals surface area contributed by atoms with Gasteiger partial charge in [0.1, 0.15) is 0 Å². The zero-order valence-corrected chi connectivity index (χ0v) is 12.3. The predicted molar refractivity (Wildman–Crippen MR) is 77.6 cm³/mol. The van der Waals surface area contributed by atoms with E-state index in [9.17, 15) is 9.59 Å². The third-order valence-electron chi connectivity index (χ3n) is 2.87. The minimum absolute atomic E-state index is 0.0182. The molecule has 0 heterocycles. The molecule has 0 aliphatic rings. The molecule has 4 nitrogen and oxygen atoms in total. The van der Waals surface area contributed by atoms with E-state index in [0.29, 0.717) is 5.56 Å². The highest BCUT2D eigenvalue weighted by atomic mass is 16.2. The number of carbonyl (C=O) groups is 2. The fourth-order valence-corrected chi connectivity index (χ4v) is 1.45. The second-order valence-corrected chi connectivity index (χ2v) is 5.80. The summed E-state index contributed by atoms with van der Waals surface area (Å²) < 4.78 is 0. The molecular formula is C15H22N2O2. The molecule has 0 aromatic heterocycles. The van der Waals surface area contributed by atoms with E-state index in [2.05, 4.69) is 5.32 Å². The maximum absolute atomic E-state index is 12.0. The summed E-state index contributed by atoms with van der Waals surface area (Å²) in [6.07, 6.45) is 0. The first-order chi connectivity index (χ1) is 8.71. The van der Waals surface area contributed by atoms with Gasteiger partial charge in [-0.05, 0) is 18.2 Å². The first kappa shape index (κ1) is 15.2. The third-order valence-corrected chi connectivity index (χ3v) is 2.87. The van der Waals surface area contributed by atoms with Crippen LogP contribution in [0.1, 0.15) is 31.1 Å². The number of nitrogens with one attached hydrogen (secondary N) is 1. The Hall–Kier alpha value is -1.84. The van der Waals surface area contributed by atoms with Gasteiger partial charge in [0.05, 0.1) is 6.54 Å². The van der Waals surface area contributed by atoms with Crippen molar-refractivity contribution in [3.8, 4) is 0 Å². The summed E-state index contributed by atoms with van der Waals surface area (Å²) in [5, 5.41) is 2.66. The molecule has 0 saturated heterocycles. The van der Waals surface area contributed by atoms with Crippen molar-refractivity contribution < 1.29 is 9.59 Å². The van der Waals surface area contributed by atoms with Gasteiger partial charge >= 0.3 is 0 Å². The van der Waals surface area contributed by atoms with Crippen LogP contribution in [-0.2, 0) is 4.79 Å². The van der Waals surface area contributed by atoms with Gasteiger partial charge in [0, 0.05) is 30.8 Å². The lowest BCUT2D eigenvalue weighted by molar-refractivity contribution is -0.125. The van der Waals surface area contributed by atoms with E-state index in [1.54, 1.807) is 12.1 Å². The maximum atomic E-state index is 12.0. The largest absolute Gasteiger partial charge is 0.378 e. The lowest BCUT2D eigenvalue weighted by Gasteiger charge is -2.17. The fourth-order valence-electron chi connectivity index (χ4n) is 1.45. The molecule has 0 spiro atoms. The number of Topliss-reactive ketones (excluding diaryl/α,β-unsaturated/α-hetero) is 1. The zero-order chi connectivity index (χ0) is 14.6. The van der Waals surface area contributed by atoms with E-state index < -0.39 is 5.41 Å². The Balaban J connectivity index is 2.69. The Labute approximate surface area is 114 Å².